The number of Topliss-reactive ketones (excluding diaryl/α,β-unsaturated/α-hetero) is 1. The van der Waals surface area contributed by atoms with Gasteiger partial charge < -0.3 is 11.5 Å². The Morgan fingerprint density at radius 1 is 1.55 bits per heavy atom. The highest BCUT2D eigenvalue weighted by molar-refractivity contribution is 5.98. The SMILES string of the molecule is CC(=O)c1cnc(N)cc1N. The molecule has 0 spiro atoms. The molecule has 0 saturated carbocycles. The van der Waals surface area contributed by atoms with E-state index in [1.54, 1.807) is 0 Å². The molecule has 0 aliphatic rings. The van der Waals surface area contributed by atoms with Gasteiger partial charge in [0.15, 0.2) is 5.78 Å². The molecule has 4 nitrogen and oxygen atoms in total. The van der Waals surface area contributed by atoms with Gasteiger partial charge in [0.1, 0.15) is 5.82 Å². The highest BCUT2D eigenvalue weighted by atomic mass is 16.1. The fraction of sp³-hybridized carbons (Fsp3) is 0.143. The molecule has 58 valence electrons. The number of aromatic nitrogens is 1. The first kappa shape index (κ1) is 7.53. The van der Waals surface area contributed by atoms with Crippen LogP contribution < -0.4 is 11.5 Å². The van der Waals surface area contributed by atoms with Crippen LogP contribution in [-0.2, 0) is 0 Å². The maximum atomic E-state index is 10.8. The lowest BCUT2D eigenvalue weighted by Crippen LogP contribution is -2.02. The van der Waals surface area contributed by atoms with Gasteiger partial charge in [0.2, 0.25) is 0 Å². The standard InChI is InChI=1S/C7H9N3O/c1-4(11)5-3-10-7(9)2-6(5)8/h2-3H,1H3,(H4,8,9,10). The van der Waals surface area contributed by atoms with E-state index in [1.807, 2.05) is 0 Å². The second kappa shape index (κ2) is 2.57. The molecular formula is C7H9N3O. The summed E-state index contributed by atoms with van der Waals surface area (Å²) >= 11 is 0. The molecule has 0 aliphatic heterocycles. The predicted octanol–water partition coefficient (Wildman–Crippen LogP) is 0.449. The van der Waals surface area contributed by atoms with E-state index in [-0.39, 0.29) is 5.78 Å². The maximum absolute atomic E-state index is 10.8. The van der Waals surface area contributed by atoms with E-state index in [4.69, 9.17) is 11.5 Å². The van der Waals surface area contributed by atoms with E-state index >= 15 is 0 Å². The number of hydrogen-bond donors (Lipinski definition) is 2. The van der Waals surface area contributed by atoms with Crippen molar-refractivity contribution in [2.24, 2.45) is 0 Å². The first-order valence-electron chi connectivity index (χ1n) is 3.13. The van der Waals surface area contributed by atoms with Crippen molar-refractivity contribution in [3.63, 3.8) is 0 Å². The smallest absolute Gasteiger partial charge is 0.163 e. The van der Waals surface area contributed by atoms with Gasteiger partial charge in [0.05, 0.1) is 5.56 Å². The first-order chi connectivity index (χ1) is 5.11. The van der Waals surface area contributed by atoms with Crippen LogP contribution in [0.15, 0.2) is 12.3 Å². The Morgan fingerprint density at radius 3 is 2.64 bits per heavy atom. The number of pyridine rings is 1. The fourth-order valence-electron chi connectivity index (χ4n) is 0.782. The molecule has 4 N–H and O–H groups in total. The van der Waals surface area contributed by atoms with Crippen LogP contribution >= 0.6 is 0 Å². The van der Waals surface area contributed by atoms with Gasteiger partial charge in [-0.2, -0.15) is 0 Å². The molecule has 1 rings (SSSR count). The van der Waals surface area contributed by atoms with Gasteiger partial charge in [-0.1, -0.05) is 0 Å². The maximum Gasteiger partial charge on any atom is 0.163 e. The van der Waals surface area contributed by atoms with E-state index in [9.17, 15) is 4.79 Å². The average molecular weight is 151 g/mol. The summed E-state index contributed by atoms with van der Waals surface area (Å²) in [7, 11) is 0. The molecule has 0 radical (unpaired) electrons. The largest absolute Gasteiger partial charge is 0.398 e. The summed E-state index contributed by atoms with van der Waals surface area (Å²) in [4.78, 5) is 14.6. The Bertz CT molecular complexity index is 296. The molecule has 0 atom stereocenters. The number of hydrogen-bond acceptors (Lipinski definition) is 4. The number of carbonyl (C=O) groups excluding carboxylic acids is 1. The van der Waals surface area contributed by atoms with E-state index in [0.717, 1.165) is 0 Å². The van der Waals surface area contributed by atoms with Gasteiger partial charge in [-0.3, -0.25) is 4.79 Å². The molecule has 0 fully saturated rings. The third-order valence-corrected chi connectivity index (χ3v) is 1.34. The van der Waals surface area contributed by atoms with Crippen LogP contribution in [0.2, 0.25) is 0 Å². The van der Waals surface area contributed by atoms with E-state index in [2.05, 4.69) is 4.98 Å². The van der Waals surface area contributed by atoms with Gasteiger partial charge in [0, 0.05) is 18.0 Å². The van der Waals surface area contributed by atoms with Gasteiger partial charge in [-0.05, 0) is 6.92 Å². The Hall–Kier alpha value is -1.58. The third kappa shape index (κ3) is 1.46. The number of anilines is 2. The number of rotatable bonds is 1. The summed E-state index contributed by atoms with van der Waals surface area (Å²) in [6.45, 7) is 1.43. The van der Waals surface area contributed by atoms with Gasteiger partial charge in [0.25, 0.3) is 0 Å². The van der Waals surface area contributed by atoms with Crippen LogP contribution in [0.4, 0.5) is 11.5 Å². The summed E-state index contributed by atoms with van der Waals surface area (Å²) in [6, 6.07) is 1.47. The zero-order chi connectivity index (χ0) is 8.43. The van der Waals surface area contributed by atoms with Crippen LogP contribution in [0.3, 0.4) is 0 Å². The average Bonchev–Trinajstić information content (AvgIpc) is 1.85. The molecule has 0 bridgehead atoms. The van der Waals surface area contributed by atoms with Crippen molar-refractivity contribution in [2.75, 3.05) is 11.5 Å². The van der Waals surface area contributed by atoms with Crippen LogP contribution in [0.25, 0.3) is 0 Å². The minimum Gasteiger partial charge on any atom is -0.398 e. The molecule has 1 heterocycles. The van der Waals surface area contributed by atoms with Crippen molar-refractivity contribution in [3.8, 4) is 0 Å². The Kier molecular flexibility index (Phi) is 1.76. The zero-order valence-corrected chi connectivity index (χ0v) is 6.16. The van der Waals surface area contributed by atoms with Crippen molar-refractivity contribution < 1.29 is 4.79 Å². The highest BCUT2D eigenvalue weighted by Crippen LogP contribution is 2.12. The van der Waals surface area contributed by atoms with Crippen LogP contribution in [0.1, 0.15) is 17.3 Å². The molecule has 11 heavy (non-hydrogen) atoms. The van der Waals surface area contributed by atoms with Crippen LogP contribution in [-0.4, -0.2) is 10.8 Å². The predicted molar refractivity (Wildman–Crippen MR) is 43.1 cm³/mol. The molecule has 1 aromatic heterocycles. The minimum absolute atomic E-state index is 0.102. The van der Waals surface area contributed by atoms with Crippen molar-refractivity contribution >= 4 is 17.3 Å². The lowest BCUT2D eigenvalue weighted by atomic mass is 10.2. The summed E-state index contributed by atoms with van der Waals surface area (Å²) in [6.07, 6.45) is 1.38. The number of ketones is 1. The first-order valence-corrected chi connectivity index (χ1v) is 3.13. The second-order valence-electron chi connectivity index (χ2n) is 2.25. The summed E-state index contributed by atoms with van der Waals surface area (Å²) in [5.74, 6) is 0.225. The molecule has 0 unspecified atom stereocenters. The molecule has 0 saturated heterocycles. The molecular weight excluding hydrogens is 142 g/mol. The van der Waals surface area contributed by atoms with Gasteiger partial charge in [-0.15, -0.1) is 0 Å². The van der Waals surface area contributed by atoms with Crippen molar-refractivity contribution in [1.82, 2.24) is 4.98 Å². The van der Waals surface area contributed by atoms with Gasteiger partial charge >= 0.3 is 0 Å². The van der Waals surface area contributed by atoms with Crippen molar-refractivity contribution in [2.45, 2.75) is 6.92 Å². The van der Waals surface area contributed by atoms with Crippen LogP contribution in [0.5, 0.6) is 0 Å². The van der Waals surface area contributed by atoms with E-state index in [0.29, 0.717) is 17.1 Å². The van der Waals surface area contributed by atoms with Crippen molar-refractivity contribution in [3.05, 3.63) is 17.8 Å². The van der Waals surface area contributed by atoms with Crippen molar-refractivity contribution in [1.29, 1.82) is 0 Å². The lowest BCUT2D eigenvalue weighted by Gasteiger charge is -2.00. The quantitative estimate of drug-likeness (QED) is 0.571. The number of carbonyl (C=O) groups is 1. The topological polar surface area (TPSA) is 82.0 Å². The monoisotopic (exact) mass is 151 g/mol. The summed E-state index contributed by atoms with van der Waals surface area (Å²) < 4.78 is 0. The molecule has 0 amide bonds. The second-order valence-corrected chi connectivity index (χ2v) is 2.25. The number of nitrogens with two attached hydrogens (primary N) is 2. The van der Waals surface area contributed by atoms with E-state index < -0.39 is 0 Å². The normalized spacial score (nSPS) is 9.55. The van der Waals surface area contributed by atoms with Gasteiger partial charge in [-0.25, -0.2) is 4.98 Å². The lowest BCUT2D eigenvalue weighted by molar-refractivity contribution is 0.101. The third-order valence-electron chi connectivity index (χ3n) is 1.34. The zero-order valence-electron chi connectivity index (χ0n) is 6.16. The number of nitrogens with zero attached hydrogens (tertiary/aromatic N) is 1. The molecule has 0 aliphatic carbocycles. The Labute approximate surface area is 64.2 Å². The Balaban J connectivity index is 3.20. The molecule has 0 aromatic carbocycles. The molecule has 1 aromatic rings. The summed E-state index contributed by atoms with van der Waals surface area (Å²) in [5, 5.41) is 0. The highest BCUT2D eigenvalue weighted by Gasteiger charge is 2.04. The van der Waals surface area contributed by atoms with E-state index in [1.165, 1.54) is 19.2 Å². The fourth-order valence-corrected chi connectivity index (χ4v) is 0.782. The number of nitrogen functional groups attached to an aromatic ring is 2. The Morgan fingerprint density at radius 2 is 2.18 bits per heavy atom. The minimum atomic E-state index is -0.102. The molecule has 4 heteroatoms. The van der Waals surface area contributed by atoms with Crippen LogP contribution in [0, 0.1) is 0 Å². The summed E-state index contributed by atoms with van der Waals surface area (Å²) in [5.41, 5.74) is 11.6.